The molecule has 0 aliphatic heterocycles. The zero-order valence-corrected chi connectivity index (χ0v) is 10.9. The molecule has 3 nitrogen and oxygen atoms in total. The topological polar surface area (TPSA) is 50.9 Å². The fourth-order valence-electron chi connectivity index (χ4n) is 1.50. The lowest BCUT2D eigenvalue weighted by Gasteiger charge is -2.04. The Labute approximate surface area is 110 Å². The van der Waals surface area contributed by atoms with E-state index >= 15 is 0 Å². The fourth-order valence-corrected chi connectivity index (χ4v) is 2.34. The molecule has 0 saturated heterocycles. The molecular weight excluding hydrogens is 254 g/mol. The van der Waals surface area contributed by atoms with E-state index < -0.39 is 0 Å². The number of anilines is 1. The SMILES string of the molecule is NCCc1ccc(CNc2nc(Cl)cs2)cc1. The van der Waals surface area contributed by atoms with Crippen molar-refractivity contribution in [1.29, 1.82) is 0 Å². The molecule has 1 heterocycles. The van der Waals surface area contributed by atoms with Crippen LogP contribution in [0.3, 0.4) is 0 Å². The van der Waals surface area contributed by atoms with Crippen LogP contribution in [0.2, 0.25) is 5.15 Å². The van der Waals surface area contributed by atoms with Crippen LogP contribution >= 0.6 is 22.9 Å². The number of nitrogens with two attached hydrogens (primary N) is 1. The van der Waals surface area contributed by atoms with Gasteiger partial charge in [0.15, 0.2) is 5.13 Å². The highest BCUT2D eigenvalue weighted by Crippen LogP contribution is 2.19. The largest absolute Gasteiger partial charge is 0.357 e. The molecular formula is C12H14ClN3S. The highest BCUT2D eigenvalue weighted by Gasteiger charge is 1.99. The monoisotopic (exact) mass is 267 g/mol. The molecule has 0 spiro atoms. The van der Waals surface area contributed by atoms with Crippen molar-refractivity contribution in [3.63, 3.8) is 0 Å². The predicted octanol–water partition coefficient (Wildman–Crippen LogP) is 2.91. The van der Waals surface area contributed by atoms with E-state index in [4.69, 9.17) is 17.3 Å². The van der Waals surface area contributed by atoms with Crippen LogP contribution in [0.25, 0.3) is 0 Å². The van der Waals surface area contributed by atoms with Crippen LogP contribution in [0.5, 0.6) is 0 Å². The molecule has 0 amide bonds. The Morgan fingerprint density at radius 3 is 2.53 bits per heavy atom. The maximum absolute atomic E-state index is 5.75. The molecule has 3 N–H and O–H groups in total. The minimum Gasteiger partial charge on any atom is -0.357 e. The second-order valence-corrected chi connectivity index (χ2v) is 4.93. The van der Waals surface area contributed by atoms with Crippen molar-refractivity contribution in [2.45, 2.75) is 13.0 Å². The van der Waals surface area contributed by atoms with E-state index in [0.717, 1.165) is 18.1 Å². The van der Waals surface area contributed by atoms with Gasteiger partial charge in [0.05, 0.1) is 0 Å². The molecule has 1 aromatic heterocycles. The lowest BCUT2D eigenvalue weighted by molar-refractivity contribution is 0.966. The zero-order valence-electron chi connectivity index (χ0n) is 9.32. The second-order valence-electron chi connectivity index (χ2n) is 3.68. The Balaban J connectivity index is 1.90. The van der Waals surface area contributed by atoms with Gasteiger partial charge in [0.1, 0.15) is 5.15 Å². The van der Waals surface area contributed by atoms with Crippen molar-refractivity contribution in [3.05, 3.63) is 45.9 Å². The van der Waals surface area contributed by atoms with Crippen LogP contribution in [-0.2, 0) is 13.0 Å². The molecule has 0 unspecified atom stereocenters. The summed E-state index contributed by atoms with van der Waals surface area (Å²) < 4.78 is 0. The zero-order chi connectivity index (χ0) is 12.1. The summed E-state index contributed by atoms with van der Waals surface area (Å²) in [6.45, 7) is 1.45. The summed E-state index contributed by atoms with van der Waals surface area (Å²) in [5, 5.41) is 6.43. The van der Waals surface area contributed by atoms with Crippen molar-refractivity contribution in [3.8, 4) is 0 Å². The van der Waals surface area contributed by atoms with Gasteiger partial charge in [0, 0.05) is 11.9 Å². The van der Waals surface area contributed by atoms with Crippen molar-refractivity contribution in [2.24, 2.45) is 5.73 Å². The van der Waals surface area contributed by atoms with E-state index in [9.17, 15) is 0 Å². The standard InChI is InChI=1S/C12H14ClN3S/c13-11-8-17-12(16-11)15-7-10-3-1-9(2-4-10)5-6-14/h1-4,8H,5-7,14H2,(H,15,16). The number of nitrogens with one attached hydrogen (secondary N) is 1. The van der Waals surface area contributed by atoms with Gasteiger partial charge in [-0.3, -0.25) is 0 Å². The van der Waals surface area contributed by atoms with E-state index in [1.807, 2.05) is 5.38 Å². The third-order valence-corrected chi connectivity index (χ3v) is 3.50. The number of rotatable bonds is 5. The van der Waals surface area contributed by atoms with Gasteiger partial charge in [0.25, 0.3) is 0 Å². The first kappa shape index (κ1) is 12.4. The number of aromatic nitrogens is 1. The summed E-state index contributed by atoms with van der Waals surface area (Å²) in [7, 11) is 0. The molecule has 2 rings (SSSR count). The Morgan fingerprint density at radius 2 is 1.94 bits per heavy atom. The van der Waals surface area contributed by atoms with Crippen molar-refractivity contribution in [1.82, 2.24) is 4.98 Å². The number of hydrogen-bond acceptors (Lipinski definition) is 4. The highest BCUT2D eigenvalue weighted by molar-refractivity contribution is 7.14. The molecule has 0 fully saturated rings. The van der Waals surface area contributed by atoms with Gasteiger partial charge in [-0.25, -0.2) is 4.98 Å². The maximum atomic E-state index is 5.75. The second kappa shape index (κ2) is 6.00. The summed E-state index contributed by atoms with van der Waals surface area (Å²) in [5.41, 5.74) is 8.00. The summed E-state index contributed by atoms with van der Waals surface area (Å²) in [6.07, 6.45) is 0.926. The number of hydrogen-bond donors (Lipinski definition) is 2. The Hall–Kier alpha value is -1.10. The molecule has 0 bridgehead atoms. The van der Waals surface area contributed by atoms with Gasteiger partial charge in [-0.1, -0.05) is 35.9 Å². The van der Waals surface area contributed by atoms with Gasteiger partial charge >= 0.3 is 0 Å². The molecule has 17 heavy (non-hydrogen) atoms. The first-order chi connectivity index (χ1) is 8.28. The number of halogens is 1. The Kier molecular flexibility index (Phi) is 4.36. The Bertz CT molecular complexity index is 467. The maximum Gasteiger partial charge on any atom is 0.184 e. The summed E-state index contributed by atoms with van der Waals surface area (Å²) in [4.78, 5) is 4.13. The molecule has 90 valence electrons. The van der Waals surface area contributed by atoms with Gasteiger partial charge < -0.3 is 11.1 Å². The van der Waals surface area contributed by atoms with Crippen LogP contribution in [0.4, 0.5) is 5.13 Å². The van der Waals surface area contributed by atoms with E-state index in [1.54, 1.807) is 0 Å². The number of benzene rings is 1. The quantitative estimate of drug-likeness (QED) is 0.876. The van der Waals surface area contributed by atoms with Crippen LogP contribution in [-0.4, -0.2) is 11.5 Å². The van der Waals surface area contributed by atoms with Crippen LogP contribution in [0.15, 0.2) is 29.6 Å². The average Bonchev–Trinajstić information content (AvgIpc) is 2.75. The third-order valence-electron chi connectivity index (χ3n) is 2.38. The molecule has 2 aromatic rings. The van der Waals surface area contributed by atoms with Gasteiger partial charge in [-0.05, 0) is 24.1 Å². The summed E-state index contributed by atoms with van der Waals surface area (Å²) >= 11 is 7.25. The summed E-state index contributed by atoms with van der Waals surface area (Å²) in [6, 6.07) is 8.43. The minimum atomic E-state index is 0.538. The third kappa shape index (κ3) is 3.70. The lowest BCUT2D eigenvalue weighted by atomic mass is 10.1. The molecule has 0 aliphatic carbocycles. The van der Waals surface area contributed by atoms with E-state index in [1.165, 1.54) is 22.5 Å². The first-order valence-electron chi connectivity index (χ1n) is 5.40. The first-order valence-corrected chi connectivity index (χ1v) is 6.66. The lowest BCUT2D eigenvalue weighted by Crippen LogP contribution is -2.03. The highest BCUT2D eigenvalue weighted by atomic mass is 35.5. The minimum absolute atomic E-state index is 0.538. The Morgan fingerprint density at radius 1 is 1.24 bits per heavy atom. The van der Waals surface area contributed by atoms with Gasteiger partial charge in [-0.2, -0.15) is 0 Å². The van der Waals surface area contributed by atoms with Gasteiger partial charge in [-0.15, -0.1) is 11.3 Å². The van der Waals surface area contributed by atoms with Crippen LogP contribution in [0.1, 0.15) is 11.1 Å². The van der Waals surface area contributed by atoms with Crippen molar-refractivity contribution < 1.29 is 0 Å². The fraction of sp³-hybridized carbons (Fsp3) is 0.250. The molecule has 1 aromatic carbocycles. The molecule has 0 saturated carbocycles. The molecule has 0 atom stereocenters. The molecule has 5 heteroatoms. The van der Waals surface area contributed by atoms with E-state index in [0.29, 0.717) is 11.7 Å². The average molecular weight is 268 g/mol. The molecule has 0 aliphatic rings. The van der Waals surface area contributed by atoms with Crippen LogP contribution in [0, 0.1) is 0 Å². The number of thiazole rings is 1. The van der Waals surface area contributed by atoms with Crippen LogP contribution < -0.4 is 11.1 Å². The van der Waals surface area contributed by atoms with Gasteiger partial charge in [0.2, 0.25) is 0 Å². The van der Waals surface area contributed by atoms with E-state index in [-0.39, 0.29) is 0 Å². The molecule has 0 radical (unpaired) electrons. The van der Waals surface area contributed by atoms with Crippen molar-refractivity contribution >= 4 is 28.1 Å². The summed E-state index contributed by atoms with van der Waals surface area (Å²) in [5.74, 6) is 0. The van der Waals surface area contributed by atoms with E-state index in [2.05, 4.69) is 34.6 Å². The smallest absolute Gasteiger partial charge is 0.184 e. The number of nitrogens with zero attached hydrogens (tertiary/aromatic N) is 1. The predicted molar refractivity (Wildman–Crippen MR) is 73.7 cm³/mol. The van der Waals surface area contributed by atoms with Crippen molar-refractivity contribution in [2.75, 3.05) is 11.9 Å². The normalized spacial score (nSPS) is 10.5.